The highest BCUT2D eigenvalue weighted by Crippen LogP contribution is 2.19. The van der Waals surface area contributed by atoms with Gasteiger partial charge < -0.3 is 9.88 Å². The number of nitrogens with one attached hydrogen (secondary N) is 1. The van der Waals surface area contributed by atoms with Crippen LogP contribution >= 0.6 is 11.6 Å². The van der Waals surface area contributed by atoms with Gasteiger partial charge in [-0.2, -0.15) is 0 Å². The van der Waals surface area contributed by atoms with Crippen molar-refractivity contribution in [2.45, 2.75) is 13.0 Å². The van der Waals surface area contributed by atoms with Crippen molar-refractivity contribution in [2.24, 2.45) is 0 Å². The minimum absolute atomic E-state index is 0.109. The lowest BCUT2D eigenvalue weighted by molar-refractivity contribution is 0.0954. The number of hydrogen-bond acceptors (Lipinski definition) is 3. The summed E-state index contributed by atoms with van der Waals surface area (Å²) in [6.45, 7) is 1.20. The molecular weight excluding hydrogens is 372 g/mol. The number of nitrogens with zero attached hydrogens (tertiary/aromatic N) is 3. The van der Waals surface area contributed by atoms with Crippen LogP contribution in [0.3, 0.4) is 0 Å². The molecule has 0 spiro atoms. The molecule has 2 aromatic carbocycles. The zero-order valence-electron chi connectivity index (χ0n) is 15.2. The third-order valence-electron chi connectivity index (χ3n) is 4.56. The molecule has 0 saturated heterocycles. The Morgan fingerprint density at radius 1 is 1.00 bits per heavy atom. The first-order chi connectivity index (χ1) is 13.7. The largest absolute Gasteiger partial charge is 0.352 e. The van der Waals surface area contributed by atoms with Gasteiger partial charge in [-0.3, -0.25) is 9.78 Å². The first-order valence-electron chi connectivity index (χ1n) is 9.07. The zero-order valence-corrected chi connectivity index (χ0v) is 15.9. The number of benzene rings is 2. The summed E-state index contributed by atoms with van der Waals surface area (Å²) in [7, 11) is 0. The molecule has 0 aliphatic heterocycles. The second kappa shape index (κ2) is 8.23. The van der Waals surface area contributed by atoms with Gasteiger partial charge in [-0.05, 0) is 42.0 Å². The first-order valence-corrected chi connectivity index (χ1v) is 9.45. The van der Waals surface area contributed by atoms with Crippen LogP contribution in [0.25, 0.3) is 11.0 Å². The van der Waals surface area contributed by atoms with E-state index in [4.69, 9.17) is 16.6 Å². The van der Waals surface area contributed by atoms with Gasteiger partial charge in [0.1, 0.15) is 5.82 Å². The minimum Gasteiger partial charge on any atom is -0.352 e. The standard InChI is InChI=1S/C22H19ClN4O/c23-18-7-5-16(6-8-18)15-27-20-4-2-1-3-19(20)26-21(27)11-14-25-22(28)17-9-12-24-13-10-17/h1-10,12-13H,11,14-15H2,(H,25,28). The van der Waals surface area contributed by atoms with E-state index in [-0.39, 0.29) is 5.91 Å². The molecule has 0 radical (unpaired) electrons. The maximum Gasteiger partial charge on any atom is 0.251 e. The van der Waals surface area contributed by atoms with E-state index in [0.29, 0.717) is 25.1 Å². The molecule has 1 amide bonds. The molecule has 2 heterocycles. The summed E-state index contributed by atoms with van der Waals surface area (Å²) >= 11 is 6.01. The van der Waals surface area contributed by atoms with Gasteiger partial charge >= 0.3 is 0 Å². The zero-order chi connectivity index (χ0) is 19.3. The summed E-state index contributed by atoms with van der Waals surface area (Å²) in [6, 6.07) is 19.3. The molecule has 140 valence electrons. The number of halogens is 1. The van der Waals surface area contributed by atoms with E-state index in [0.717, 1.165) is 27.4 Å². The lowest BCUT2D eigenvalue weighted by atomic mass is 10.2. The molecule has 2 aromatic heterocycles. The van der Waals surface area contributed by atoms with E-state index < -0.39 is 0 Å². The summed E-state index contributed by atoms with van der Waals surface area (Å²) in [5.41, 5.74) is 3.78. The predicted octanol–water partition coefficient (Wildman–Crippen LogP) is 4.11. The molecule has 4 rings (SSSR count). The van der Waals surface area contributed by atoms with Gasteiger partial charge in [0.05, 0.1) is 11.0 Å². The lowest BCUT2D eigenvalue weighted by Gasteiger charge is -2.10. The highest BCUT2D eigenvalue weighted by molar-refractivity contribution is 6.30. The van der Waals surface area contributed by atoms with Crippen LogP contribution in [0.2, 0.25) is 5.02 Å². The monoisotopic (exact) mass is 390 g/mol. The van der Waals surface area contributed by atoms with Crippen molar-refractivity contribution in [3.05, 3.63) is 95.0 Å². The fourth-order valence-electron chi connectivity index (χ4n) is 3.16. The third-order valence-corrected chi connectivity index (χ3v) is 4.82. The van der Waals surface area contributed by atoms with E-state index >= 15 is 0 Å². The minimum atomic E-state index is -0.109. The maximum atomic E-state index is 12.2. The molecular formula is C22H19ClN4O. The van der Waals surface area contributed by atoms with Crippen molar-refractivity contribution in [3.63, 3.8) is 0 Å². The highest BCUT2D eigenvalue weighted by atomic mass is 35.5. The Kier molecular flexibility index (Phi) is 5.35. The highest BCUT2D eigenvalue weighted by Gasteiger charge is 2.12. The van der Waals surface area contributed by atoms with Crippen molar-refractivity contribution in [1.82, 2.24) is 19.9 Å². The average molecular weight is 391 g/mol. The van der Waals surface area contributed by atoms with Gasteiger partial charge in [-0.25, -0.2) is 4.98 Å². The Hall–Kier alpha value is -3.18. The number of aromatic nitrogens is 3. The smallest absolute Gasteiger partial charge is 0.251 e. The van der Waals surface area contributed by atoms with Gasteiger partial charge in [0.25, 0.3) is 5.91 Å². The molecule has 0 atom stereocenters. The summed E-state index contributed by atoms with van der Waals surface area (Å²) < 4.78 is 2.19. The Bertz CT molecular complexity index is 1090. The predicted molar refractivity (Wildman–Crippen MR) is 111 cm³/mol. The Labute approximate surface area is 168 Å². The van der Waals surface area contributed by atoms with Crippen LogP contribution in [0.1, 0.15) is 21.7 Å². The number of pyridine rings is 1. The SMILES string of the molecule is O=C(NCCc1nc2ccccc2n1Cc1ccc(Cl)cc1)c1ccncc1. The van der Waals surface area contributed by atoms with E-state index in [9.17, 15) is 4.79 Å². The van der Waals surface area contributed by atoms with Crippen molar-refractivity contribution < 1.29 is 4.79 Å². The van der Waals surface area contributed by atoms with Gasteiger partial charge in [0.15, 0.2) is 0 Å². The number of amides is 1. The fraction of sp³-hybridized carbons (Fsp3) is 0.136. The topological polar surface area (TPSA) is 59.8 Å². The number of para-hydroxylation sites is 2. The molecule has 0 aliphatic rings. The third kappa shape index (κ3) is 4.05. The van der Waals surface area contributed by atoms with Gasteiger partial charge in [-0.1, -0.05) is 35.9 Å². The Morgan fingerprint density at radius 2 is 1.75 bits per heavy atom. The van der Waals surface area contributed by atoms with Crippen molar-refractivity contribution in [3.8, 4) is 0 Å². The van der Waals surface area contributed by atoms with Crippen molar-refractivity contribution in [2.75, 3.05) is 6.54 Å². The second-order valence-corrected chi connectivity index (χ2v) is 6.91. The van der Waals surface area contributed by atoms with Gasteiger partial charge in [0.2, 0.25) is 0 Å². The molecule has 0 aliphatic carbocycles. The van der Waals surface area contributed by atoms with E-state index in [2.05, 4.69) is 20.9 Å². The molecule has 0 bridgehead atoms. The maximum absolute atomic E-state index is 12.2. The molecule has 28 heavy (non-hydrogen) atoms. The van der Waals surface area contributed by atoms with Crippen LogP contribution in [0.4, 0.5) is 0 Å². The number of fused-ring (bicyclic) bond motifs is 1. The second-order valence-electron chi connectivity index (χ2n) is 6.47. The number of imidazole rings is 1. The van der Waals surface area contributed by atoms with Crippen LogP contribution in [0, 0.1) is 0 Å². The van der Waals surface area contributed by atoms with Crippen LogP contribution in [-0.2, 0) is 13.0 Å². The number of rotatable bonds is 6. The molecule has 0 fully saturated rings. The van der Waals surface area contributed by atoms with E-state index in [1.165, 1.54) is 0 Å². The van der Waals surface area contributed by atoms with Crippen molar-refractivity contribution >= 4 is 28.5 Å². The first kappa shape index (κ1) is 18.2. The summed E-state index contributed by atoms with van der Waals surface area (Å²) in [5, 5.41) is 3.67. The summed E-state index contributed by atoms with van der Waals surface area (Å²) in [4.78, 5) is 20.9. The average Bonchev–Trinajstić information content (AvgIpc) is 3.07. The molecule has 4 aromatic rings. The van der Waals surface area contributed by atoms with Gasteiger partial charge in [-0.15, -0.1) is 0 Å². The van der Waals surface area contributed by atoms with Crippen LogP contribution in [0.15, 0.2) is 73.1 Å². The molecule has 6 heteroatoms. The molecule has 0 saturated carbocycles. The number of carbonyl (C=O) groups excluding carboxylic acids is 1. The normalized spacial score (nSPS) is 10.9. The van der Waals surface area contributed by atoms with Crippen LogP contribution < -0.4 is 5.32 Å². The summed E-state index contributed by atoms with van der Waals surface area (Å²) in [5.74, 6) is 0.828. The quantitative estimate of drug-likeness (QED) is 0.539. The van der Waals surface area contributed by atoms with Gasteiger partial charge in [0, 0.05) is 42.5 Å². The summed E-state index contributed by atoms with van der Waals surface area (Å²) in [6.07, 6.45) is 3.86. The fourth-order valence-corrected chi connectivity index (χ4v) is 3.28. The molecule has 5 nitrogen and oxygen atoms in total. The lowest BCUT2D eigenvalue weighted by Crippen LogP contribution is -2.26. The Morgan fingerprint density at radius 3 is 2.54 bits per heavy atom. The Balaban J connectivity index is 1.53. The van der Waals surface area contributed by atoms with E-state index in [1.54, 1.807) is 24.5 Å². The number of carbonyl (C=O) groups is 1. The number of hydrogen-bond donors (Lipinski definition) is 1. The molecule has 0 unspecified atom stereocenters. The van der Waals surface area contributed by atoms with Crippen molar-refractivity contribution in [1.29, 1.82) is 0 Å². The van der Waals surface area contributed by atoms with Crippen LogP contribution in [-0.4, -0.2) is 27.0 Å². The molecule has 1 N–H and O–H groups in total. The van der Waals surface area contributed by atoms with Crippen LogP contribution in [0.5, 0.6) is 0 Å². The van der Waals surface area contributed by atoms with E-state index in [1.807, 2.05) is 42.5 Å².